The van der Waals surface area contributed by atoms with Crippen LogP contribution in [0.15, 0.2) is 30.3 Å². The van der Waals surface area contributed by atoms with Crippen LogP contribution in [-0.2, 0) is 5.41 Å². The number of hydrogen-bond acceptors (Lipinski definition) is 1. The minimum atomic E-state index is 0.505. The molecule has 0 aromatic heterocycles. The Morgan fingerprint density at radius 3 is 2.50 bits per heavy atom. The van der Waals surface area contributed by atoms with Crippen LogP contribution in [0.4, 0.5) is 0 Å². The molecule has 2 fully saturated rings. The molecule has 1 aromatic carbocycles. The van der Waals surface area contributed by atoms with E-state index in [1.807, 2.05) is 0 Å². The van der Waals surface area contributed by atoms with E-state index in [-0.39, 0.29) is 0 Å². The van der Waals surface area contributed by atoms with E-state index in [1.165, 1.54) is 58.0 Å². The number of rotatable bonds is 3. The maximum Gasteiger partial charge on any atom is -0.00202 e. The molecule has 3 rings (SSSR count). The molecule has 1 heterocycles. The minimum Gasteiger partial charge on any atom is -0.316 e. The average Bonchev–Trinajstić information content (AvgIpc) is 2.91. The van der Waals surface area contributed by atoms with Gasteiger partial charge in [-0.1, -0.05) is 43.2 Å². The summed E-state index contributed by atoms with van der Waals surface area (Å²) in [6.07, 6.45) is 9.88. The van der Waals surface area contributed by atoms with E-state index in [9.17, 15) is 0 Å². The molecule has 0 amide bonds. The summed E-state index contributed by atoms with van der Waals surface area (Å²) in [5, 5.41) is 3.58. The second-order valence-corrected chi connectivity index (χ2v) is 6.27. The van der Waals surface area contributed by atoms with E-state index >= 15 is 0 Å². The van der Waals surface area contributed by atoms with Crippen molar-refractivity contribution in [1.82, 2.24) is 5.32 Å². The molecule has 1 heteroatoms. The number of nitrogens with one attached hydrogen (secondary N) is 1. The quantitative estimate of drug-likeness (QED) is 0.849. The van der Waals surface area contributed by atoms with Crippen LogP contribution in [0, 0.1) is 5.92 Å². The van der Waals surface area contributed by atoms with Crippen molar-refractivity contribution in [1.29, 1.82) is 0 Å². The normalized spacial score (nSPS) is 27.2. The Kier molecular flexibility index (Phi) is 3.69. The molecular weight excluding hydrogens is 218 g/mol. The first-order valence-electron chi connectivity index (χ1n) is 7.65. The molecule has 1 N–H and O–H groups in total. The lowest BCUT2D eigenvalue weighted by molar-refractivity contribution is 0.269. The molecule has 1 saturated heterocycles. The van der Waals surface area contributed by atoms with Crippen LogP contribution >= 0.6 is 0 Å². The molecule has 1 saturated carbocycles. The zero-order valence-corrected chi connectivity index (χ0v) is 11.3. The van der Waals surface area contributed by atoms with Gasteiger partial charge in [-0.2, -0.15) is 0 Å². The van der Waals surface area contributed by atoms with Gasteiger partial charge in [-0.15, -0.1) is 0 Å². The Bertz CT molecular complexity index is 358. The Balaban J connectivity index is 1.78. The van der Waals surface area contributed by atoms with Crippen molar-refractivity contribution in [2.75, 3.05) is 13.1 Å². The summed E-state index contributed by atoms with van der Waals surface area (Å²) in [6.45, 7) is 2.48. The van der Waals surface area contributed by atoms with Crippen molar-refractivity contribution in [3.05, 3.63) is 35.9 Å². The maximum absolute atomic E-state index is 3.58. The van der Waals surface area contributed by atoms with Crippen LogP contribution in [0.3, 0.4) is 0 Å². The van der Waals surface area contributed by atoms with Gasteiger partial charge in [0.25, 0.3) is 0 Å². The average molecular weight is 243 g/mol. The summed E-state index contributed by atoms with van der Waals surface area (Å²) in [6, 6.07) is 11.3. The Morgan fingerprint density at radius 2 is 1.83 bits per heavy atom. The van der Waals surface area contributed by atoms with E-state index in [1.54, 1.807) is 5.56 Å². The Labute approximate surface area is 111 Å². The standard InChI is InChI=1S/C17H25N/c1-2-8-16(9-3-1)17(10-4-5-11-17)13-15-7-6-12-18-14-15/h1-3,8-9,15,18H,4-7,10-14H2. The zero-order valence-electron chi connectivity index (χ0n) is 11.3. The molecule has 2 aliphatic rings. The molecular formula is C17H25N. The van der Waals surface area contributed by atoms with Crippen molar-refractivity contribution in [2.45, 2.75) is 50.4 Å². The van der Waals surface area contributed by atoms with Crippen LogP contribution in [0.2, 0.25) is 0 Å². The highest BCUT2D eigenvalue weighted by Crippen LogP contribution is 2.46. The largest absolute Gasteiger partial charge is 0.316 e. The number of benzene rings is 1. The van der Waals surface area contributed by atoms with Crippen LogP contribution in [-0.4, -0.2) is 13.1 Å². The highest BCUT2D eigenvalue weighted by molar-refractivity contribution is 5.26. The second-order valence-electron chi connectivity index (χ2n) is 6.27. The number of piperidine rings is 1. The summed E-state index contributed by atoms with van der Waals surface area (Å²) in [5.74, 6) is 0.900. The second kappa shape index (κ2) is 5.44. The van der Waals surface area contributed by atoms with Gasteiger partial charge in [0, 0.05) is 0 Å². The summed E-state index contributed by atoms with van der Waals surface area (Å²) in [5.41, 5.74) is 2.11. The van der Waals surface area contributed by atoms with Gasteiger partial charge in [0.1, 0.15) is 0 Å². The fourth-order valence-corrected chi connectivity index (χ4v) is 4.10. The van der Waals surface area contributed by atoms with Crippen LogP contribution in [0.25, 0.3) is 0 Å². The van der Waals surface area contributed by atoms with Gasteiger partial charge >= 0.3 is 0 Å². The predicted octanol–water partition coefficient (Wildman–Crippen LogP) is 3.89. The van der Waals surface area contributed by atoms with Crippen LogP contribution in [0.1, 0.15) is 50.5 Å². The topological polar surface area (TPSA) is 12.0 Å². The van der Waals surface area contributed by atoms with E-state index in [0.717, 1.165) is 5.92 Å². The highest BCUT2D eigenvalue weighted by atomic mass is 14.9. The van der Waals surface area contributed by atoms with Crippen molar-refractivity contribution < 1.29 is 0 Å². The van der Waals surface area contributed by atoms with E-state index in [0.29, 0.717) is 5.41 Å². The molecule has 0 bridgehead atoms. The zero-order chi connectivity index (χ0) is 12.3. The summed E-state index contributed by atoms with van der Waals surface area (Å²) >= 11 is 0. The molecule has 1 aliphatic heterocycles. The first kappa shape index (κ1) is 12.2. The van der Waals surface area contributed by atoms with Gasteiger partial charge in [-0.3, -0.25) is 0 Å². The summed E-state index contributed by atoms with van der Waals surface area (Å²) in [4.78, 5) is 0. The van der Waals surface area contributed by atoms with E-state index in [2.05, 4.69) is 35.6 Å². The Hall–Kier alpha value is -0.820. The van der Waals surface area contributed by atoms with Crippen molar-refractivity contribution >= 4 is 0 Å². The van der Waals surface area contributed by atoms with Gasteiger partial charge in [-0.25, -0.2) is 0 Å². The third-order valence-electron chi connectivity index (χ3n) is 5.03. The molecule has 1 aliphatic carbocycles. The minimum absolute atomic E-state index is 0.505. The molecule has 0 spiro atoms. The molecule has 1 aromatic rings. The van der Waals surface area contributed by atoms with Crippen molar-refractivity contribution in [3.63, 3.8) is 0 Å². The summed E-state index contributed by atoms with van der Waals surface area (Å²) in [7, 11) is 0. The van der Waals surface area contributed by atoms with Crippen LogP contribution < -0.4 is 5.32 Å². The molecule has 1 nitrogen and oxygen atoms in total. The van der Waals surface area contributed by atoms with E-state index < -0.39 is 0 Å². The highest BCUT2D eigenvalue weighted by Gasteiger charge is 2.37. The predicted molar refractivity (Wildman–Crippen MR) is 76.8 cm³/mol. The first-order valence-corrected chi connectivity index (χ1v) is 7.65. The lowest BCUT2D eigenvalue weighted by Crippen LogP contribution is -2.35. The lowest BCUT2D eigenvalue weighted by atomic mass is 9.71. The molecule has 1 unspecified atom stereocenters. The van der Waals surface area contributed by atoms with Gasteiger partial charge in [0.15, 0.2) is 0 Å². The molecule has 0 radical (unpaired) electrons. The SMILES string of the molecule is c1ccc(C2(CC3CCCNC3)CCCC2)cc1. The lowest BCUT2D eigenvalue weighted by Gasteiger charge is -2.35. The fraction of sp³-hybridized carbons (Fsp3) is 0.647. The van der Waals surface area contributed by atoms with Gasteiger partial charge in [-0.05, 0) is 62.1 Å². The molecule has 1 atom stereocenters. The smallest absolute Gasteiger partial charge is 0.00202 e. The number of hydrogen-bond donors (Lipinski definition) is 1. The van der Waals surface area contributed by atoms with E-state index in [4.69, 9.17) is 0 Å². The third kappa shape index (κ3) is 2.47. The van der Waals surface area contributed by atoms with Crippen LogP contribution in [0.5, 0.6) is 0 Å². The third-order valence-corrected chi connectivity index (χ3v) is 5.03. The molecule has 98 valence electrons. The van der Waals surface area contributed by atoms with Crippen molar-refractivity contribution in [2.24, 2.45) is 5.92 Å². The summed E-state index contributed by atoms with van der Waals surface area (Å²) < 4.78 is 0. The fourth-order valence-electron chi connectivity index (χ4n) is 4.10. The van der Waals surface area contributed by atoms with Gasteiger partial charge < -0.3 is 5.32 Å². The van der Waals surface area contributed by atoms with Gasteiger partial charge in [0.05, 0.1) is 0 Å². The first-order chi connectivity index (χ1) is 8.89. The van der Waals surface area contributed by atoms with Crippen molar-refractivity contribution in [3.8, 4) is 0 Å². The maximum atomic E-state index is 3.58. The van der Waals surface area contributed by atoms with Gasteiger partial charge in [0.2, 0.25) is 0 Å². The monoisotopic (exact) mass is 243 g/mol. The molecule has 18 heavy (non-hydrogen) atoms. The Morgan fingerprint density at radius 1 is 1.06 bits per heavy atom.